The molecule has 0 atom stereocenters. The van der Waals surface area contributed by atoms with E-state index in [0.29, 0.717) is 5.56 Å². The fourth-order valence-corrected chi connectivity index (χ4v) is 2.50. The molecule has 0 bridgehead atoms. The van der Waals surface area contributed by atoms with Crippen LogP contribution in [0.3, 0.4) is 0 Å². The third kappa shape index (κ3) is 6.66. The largest absolute Gasteiger partial charge is 0.405 e. The van der Waals surface area contributed by atoms with Gasteiger partial charge in [-0.2, -0.15) is 13.2 Å². The minimum absolute atomic E-state index is 0.0306. The smallest absolute Gasteiger partial charge is 0.376 e. The number of hydrogen-bond donors (Lipinski definition) is 3. The molecule has 0 fully saturated rings. The van der Waals surface area contributed by atoms with Crippen LogP contribution in [0.25, 0.3) is 0 Å². The molecule has 0 aromatic heterocycles. The number of amides is 2. The number of nitrogens with zero attached hydrogens (tertiary/aromatic N) is 1. The molecule has 0 aliphatic rings. The third-order valence-corrected chi connectivity index (χ3v) is 4.20. The standard InChI is InChI=1S/C19H18F4N4O4/c1-10-3-4-13(27(30)31)7-15(10)26-17(28)8-24-16-6-12(5-14(20)11(16)2)18(29)25-9-19(21,22)23/h3-7,24H,8-9H2,1-2H3,(H,25,29)(H,26,28). The van der Waals surface area contributed by atoms with E-state index in [9.17, 15) is 37.3 Å². The monoisotopic (exact) mass is 442 g/mol. The van der Waals surface area contributed by atoms with Crippen LogP contribution in [0.4, 0.5) is 34.6 Å². The van der Waals surface area contributed by atoms with Crippen molar-refractivity contribution < 1.29 is 32.1 Å². The van der Waals surface area contributed by atoms with Crippen molar-refractivity contribution in [2.24, 2.45) is 0 Å². The summed E-state index contributed by atoms with van der Waals surface area (Å²) >= 11 is 0. The number of nitro benzene ring substituents is 1. The maximum absolute atomic E-state index is 14.1. The summed E-state index contributed by atoms with van der Waals surface area (Å²) in [5, 5.41) is 17.6. The lowest BCUT2D eigenvalue weighted by atomic mass is 10.1. The highest BCUT2D eigenvalue weighted by molar-refractivity contribution is 5.97. The normalized spacial score (nSPS) is 11.0. The first-order valence-corrected chi connectivity index (χ1v) is 8.81. The van der Waals surface area contributed by atoms with Crippen LogP contribution in [0.15, 0.2) is 30.3 Å². The predicted octanol–water partition coefficient (Wildman–Crippen LogP) is 3.69. The van der Waals surface area contributed by atoms with E-state index in [-0.39, 0.29) is 28.2 Å². The molecule has 0 spiro atoms. The van der Waals surface area contributed by atoms with Crippen LogP contribution in [0.5, 0.6) is 0 Å². The number of alkyl halides is 3. The molecule has 2 amide bonds. The van der Waals surface area contributed by atoms with E-state index in [1.54, 1.807) is 12.2 Å². The van der Waals surface area contributed by atoms with Crippen LogP contribution in [0.2, 0.25) is 0 Å². The van der Waals surface area contributed by atoms with Crippen molar-refractivity contribution in [3.63, 3.8) is 0 Å². The van der Waals surface area contributed by atoms with Crippen LogP contribution in [-0.2, 0) is 4.79 Å². The number of non-ortho nitro benzene ring substituents is 1. The van der Waals surface area contributed by atoms with Gasteiger partial charge in [-0.15, -0.1) is 0 Å². The fourth-order valence-electron chi connectivity index (χ4n) is 2.50. The molecule has 31 heavy (non-hydrogen) atoms. The number of aryl methyl sites for hydroxylation is 1. The zero-order chi connectivity index (χ0) is 23.3. The molecule has 0 aliphatic heterocycles. The molecule has 3 N–H and O–H groups in total. The number of halogens is 4. The van der Waals surface area contributed by atoms with Crippen molar-refractivity contribution in [3.05, 3.63) is 63.0 Å². The SMILES string of the molecule is Cc1ccc([N+](=O)[O-])cc1NC(=O)CNc1cc(C(=O)NCC(F)(F)F)cc(F)c1C. The first-order chi connectivity index (χ1) is 14.4. The molecule has 0 heterocycles. The topological polar surface area (TPSA) is 113 Å². The summed E-state index contributed by atoms with van der Waals surface area (Å²) in [5.41, 5.74) is 0.289. The van der Waals surface area contributed by atoms with Gasteiger partial charge in [-0.3, -0.25) is 19.7 Å². The van der Waals surface area contributed by atoms with Gasteiger partial charge in [0.15, 0.2) is 0 Å². The number of anilines is 2. The fraction of sp³-hybridized carbons (Fsp3) is 0.263. The van der Waals surface area contributed by atoms with Crippen LogP contribution in [0, 0.1) is 29.8 Å². The van der Waals surface area contributed by atoms with E-state index in [1.807, 2.05) is 0 Å². The van der Waals surface area contributed by atoms with Crippen LogP contribution >= 0.6 is 0 Å². The highest BCUT2D eigenvalue weighted by atomic mass is 19.4. The van der Waals surface area contributed by atoms with Gasteiger partial charge in [0.1, 0.15) is 12.4 Å². The van der Waals surface area contributed by atoms with E-state index >= 15 is 0 Å². The maximum Gasteiger partial charge on any atom is 0.405 e. The Balaban J connectivity index is 2.10. The van der Waals surface area contributed by atoms with E-state index < -0.39 is 41.8 Å². The second-order valence-corrected chi connectivity index (χ2v) is 6.59. The lowest BCUT2D eigenvalue weighted by molar-refractivity contribution is -0.384. The Kier molecular flexibility index (Phi) is 7.16. The zero-order valence-corrected chi connectivity index (χ0v) is 16.4. The quantitative estimate of drug-likeness (QED) is 0.344. The van der Waals surface area contributed by atoms with Crippen molar-refractivity contribution in [1.82, 2.24) is 5.32 Å². The number of benzene rings is 2. The molecule has 0 saturated carbocycles. The number of nitro groups is 1. The Morgan fingerprint density at radius 2 is 1.77 bits per heavy atom. The summed E-state index contributed by atoms with van der Waals surface area (Å²) in [4.78, 5) is 34.3. The number of hydrogen-bond acceptors (Lipinski definition) is 5. The van der Waals surface area contributed by atoms with Gasteiger partial charge in [-0.05, 0) is 31.5 Å². The highest BCUT2D eigenvalue weighted by Crippen LogP contribution is 2.23. The number of rotatable bonds is 7. The first-order valence-electron chi connectivity index (χ1n) is 8.81. The molecule has 2 aromatic carbocycles. The van der Waals surface area contributed by atoms with Gasteiger partial charge in [-0.25, -0.2) is 4.39 Å². The molecule has 0 saturated heterocycles. The number of carbonyl (C=O) groups excluding carboxylic acids is 2. The predicted molar refractivity (Wildman–Crippen MR) is 104 cm³/mol. The van der Waals surface area contributed by atoms with Gasteiger partial charge in [-0.1, -0.05) is 6.07 Å². The third-order valence-electron chi connectivity index (χ3n) is 4.20. The van der Waals surface area contributed by atoms with Crippen LogP contribution in [-0.4, -0.2) is 36.0 Å². The van der Waals surface area contributed by atoms with E-state index in [2.05, 4.69) is 10.6 Å². The summed E-state index contributed by atoms with van der Waals surface area (Å²) in [6.07, 6.45) is -4.62. The number of nitrogens with one attached hydrogen (secondary N) is 3. The number of carbonyl (C=O) groups is 2. The minimum Gasteiger partial charge on any atom is -0.376 e. The molecule has 0 unspecified atom stereocenters. The molecular formula is C19H18F4N4O4. The molecule has 8 nitrogen and oxygen atoms in total. The minimum atomic E-state index is -4.62. The average molecular weight is 442 g/mol. The molecular weight excluding hydrogens is 424 g/mol. The van der Waals surface area contributed by atoms with Gasteiger partial charge in [0.05, 0.1) is 17.2 Å². The molecule has 12 heteroatoms. The lowest BCUT2D eigenvalue weighted by Crippen LogP contribution is -2.33. The summed E-state index contributed by atoms with van der Waals surface area (Å²) < 4.78 is 50.9. The molecule has 2 aromatic rings. The molecule has 166 valence electrons. The van der Waals surface area contributed by atoms with Gasteiger partial charge < -0.3 is 16.0 Å². The molecule has 0 radical (unpaired) electrons. The van der Waals surface area contributed by atoms with Gasteiger partial charge in [0.2, 0.25) is 5.91 Å². The van der Waals surface area contributed by atoms with Gasteiger partial charge in [0.25, 0.3) is 11.6 Å². The lowest BCUT2D eigenvalue weighted by Gasteiger charge is -2.14. The maximum atomic E-state index is 14.1. The first kappa shape index (κ1) is 23.6. The molecule has 2 rings (SSSR count). The van der Waals surface area contributed by atoms with Crippen molar-refractivity contribution in [2.45, 2.75) is 20.0 Å². The summed E-state index contributed by atoms with van der Waals surface area (Å²) in [6.45, 7) is 1.03. The Morgan fingerprint density at radius 3 is 2.39 bits per heavy atom. The van der Waals surface area contributed by atoms with Crippen molar-refractivity contribution in [1.29, 1.82) is 0 Å². The summed E-state index contributed by atoms with van der Waals surface area (Å²) in [6, 6.07) is 5.84. The van der Waals surface area contributed by atoms with Crippen molar-refractivity contribution >= 4 is 28.9 Å². The van der Waals surface area contributed by atoms with E-state index in [1.165, 1.54) is 25.1 Å². The second-order valence-electron chi connectivity index (χ2n) is 6.59. The van der Waals surface area contributed by atoms with Gasteiger partial charge >= 0.3 is 6.18 Å². The Bertz CT molecular complexity index is 1020. The Morgan fingerprint density at radius 1 is 1.10 bits per heavy atom. The average Bonchev–Trinajstić information content (AvgIpc) is 2.68. The summed E-state index contributed by atoms with van der Waals surface area (Å²) in [5.74, 6) is -2.59. The van der Waals surface area contributed by atoms with Crippen molar-refractivity contribution in [3.8, 4) is 0 Å². The van der Waals surface area contributed by atoms with Crippen LogP contribution in [0.1, 0.15) is 21.5 Å². The Labute approximate surface area is 173 Å². The molecule has 0 aliphatic carbocycles. The highest BCUT2D eigenvalue weighted by Gasteiger charge is 2.28. The van der Waals surface area contributed by atoms with Gasteiger partial charge in [0, 0.05) is 28.9 Å². The van der Waals surface area contributed by atoms with Crippen molar-refractivity contribution in [2.75, 3.05) is 23.7 Å². The second kappa shape index (κ2) is 9.41. The van der Waals surface area contributed by atoms with Crippen LogP contribution < -0.4 is 16.0 Å². The summed E-state index contributed by atoms with van der Waals surface area (Å²) in [7, 11) is 0. The van der Waals surface area contributed by atoms with E-state index in [4.69, 9.17) is 0 Å². The zero-order valence-electron chi connectivity index (χ0n) is 16.4. The van der Waals surface area contributed by atoms with E-state index in [0.717, 1.165) is 12.1 Å². The Hall–Kier alpha value is -3.70.